The number of nitrogens with zero attached hydrogens (tertiary/aromatic N) is 1. The zero-order valence-electron chi connectivity index (χ0n) is 11.4. The van der Waals surface area contributed by atoms with E-state index in [9.17, 15) is 4.79 Å². The molecule has 1 aromatic heterocycles. The highest BCUT2D eigenvalue weighted by molar-refractivity contribution is 5.78. The second-order valence-corrected chi connectivity index (χ2v) is 4.66. The van der Waals surface area contributed by atoms with Gasteiger partial charge in [0.05, 0.1) is 17.6 Å². The van der Waals surface area contributed by atoms with Gasteiger partial charge >= 0.3 is 0 Å². The van der Waals surface area contributed by atoms with Crippen molar-refractivity contribution in [2.75, 3.05) is 20.1 Å². The second kappa shape index (κ2) is 6.33. The lowest BCUT2D eigenvalue weighted by atomic mass is 10.1. The van der Waals surface area contributed by atoms with E-state index in [0.717, 1.165) is 29.7 Å². The summed E-state index contributed by atoms with van der Waals surface area (Å²) in [6, 6.07) is 6.26. The van der Waals surface area contributed by atoms with E-state index >= 15 is 0 Å². The quantitative estimate of drug-likeness (QED) is 0.682. The molecule has 0 fully saturated rings. The van der Waals surface area contributed by atoms with Crippen molar-refractivity contribution in [3.8, 4) is 0 Å². The fourth-order valence-corrected chi connectivity index (χ4v) is 2.08. The highest BCUT2D eigenvalue weighted by Crippen LogP contribution is 2.14. The van der Waals surface area contributed by atoms with Gasteiger partial charge in [0, 0.05) is 6.54 Å². The Morgan fingerprint density at radius 2 is 2.26 bits per heavy atom. The van der Waals surface area contributed by atoms with Gasteiger partial charge in [-0.2, -0.15) is 0 Å². The summed E-state index contributed by atoms with van der Waals surface area (Å²) in [4.78, 5) is 18.9. The van der Waals surface area contributed by atoms with Gasteiger partial charge in [0.2, 0.25) is 5.91 Å². The normalized spacial score (nSPS) is 10.8. The Morgan fingerprint density at radius 1 is 1.42 bits per heavy atom. The topological polar surface area (TPSA) is 69.8 Å². The summed E-state index contributed by atoms with van der Waals surface area (Å²) in [5.74, 6) is 0.980. The van der Waals surface area contributed by atoms with Crippen molar-refractivity contribution < 1.29 is 4.79 Å². The number of hydrogen-bond donors (Lipinski definition) is 3. The number of imidazole rings is 1. The van der Waals surface area contributed by atoms with E-state index in [-0.39, 0.29) is 5.91 Å². The standard InChI is InChI=1S/C14H20N4O/c1-10-17-12-6-5-11(8-13(12)18-10)4-3-7-16-14(19)9-15-2/h5-6,8,15H,3-4,7,9H2,1-2H3,(H,16,19)(H,17,18). The number of fused-ring (bicyclic) bond motifs is 1. The summed E-state index contributed by atoms with van der Waals surface area (Å²) in [6.07, 6.45) is 1.89. The maximum absolute atomic E-state index is 11.2. The van der Waals surface area contributed by atoms with Gasteiger partial charge in [-0.15, -0.1) is 0 Å². The average molecular weight is 260 g/mol. The Morgan fingerprint density at radius 3 is 3.05 bits per heavy atom. The summed E-state index contributed by atoms with van der Waals surface area (Å²) in [5.41, 5.74) is 3.34. The van der Waals surface area contributed by atoms with E-state index in [2.05, 4.69) is 32.7 Å². The van der Waals surface area contributed by atoms with E-state index in [1.165, 1.54) is 5.56 Å². The van der Waals surface area contributed by atoms with E-state index < -0.39 is 0 Å². The van der Waals surface area contributed by atoms with Crippen LogP contribution in [-0.2, 0) is 11.2 Å². The predicted molar refractivity (Wildman–Crippen MR) is 76.1 cm³/mol. The maximum Gasteiger partial charge on any atom is 0.233 e. The molecule has 1 heterocycles. The number of H-pyrrole nitrogens is 1. The van der Waals surface area contributed by atoms with Crippen molar-refractivity contribution in [3.05, 3.63) is 29.6 Å². The van der Waals surface area contributed by atoms with Gasteiger partial charge in [-0.25, -0.2) is 4.98 Å². The van der Waals surface area contributed by atoms with Crippen LogP contribution in [0.1, 0.15) is 17.8 Å². The number of carbonyl (C=O) groups is 1. The summed E-state index contributed by atoms with van der Waals surface area (Å²) in [7, 11) is 1.77. The molecule has 5 heteroatoms. The summed E-state index contributed by atoms with van der Waals surface area (Å²) >= 11 is 0. The Bertz CT molecular complexity index is 562. The molecule has 0 spiro atoms. The largest absolute Gasteiger partial charge is 0.355 e. The second-order valence-electron chi connectivity index (χ2n) is 4.66. The van der Waals surface area contributed by atoms with Crippen LogP contribution >= 0.6 is 0 Å². The SMILES string of the molecule is CNCC(=O)NCCCc1ccc2nc(C)[nH]c2c1. The number of nitrogens with one attached hydrogen (secondary N) is 3. The van der Waals surface area contributed by atoms with Crippen LogP contribution in [0.4, 0.5) is 0 Å². The van der Waals surface area contributed by atoms with Crippen molar-refractivity contribution >= 4 is 16.9 Å². The molecule has 0 saturated heterocycles. The first-order chi connectivity index (χ1) is 9.19. The number of benzene rings is 1. The highest BCUT2D eigenvalue weighted by Gasteiger charge is 2.02. The molecule has 1 amide bonds. The number of aryl methyl sites for hydroxylation is 2. The molecular formula is C14H20N4O. The molecule has 19 heavy (non-hydrogen) atoms. The molecule has 1 aromatic carbocycles. The first-order valence-corrected chi connectivity index (χ1v) is 6.55. The molecular weight excluding hydrogens is 240 g/mol. The van der Waals surface area contributed by atoms with E-state index in [0.29, 0.717) is 13.1 Å². The third kappa shape index (κ3) is 3.79. The molecule has 0 unspecified atom stereocenters. The zero-order valence-corrected chi connectivity index (χ0v) is 11.4. The van der Waals surface area contributed by atoms with E-state index in [4.69, 9.17) is 0 Å². The molecule has 3 N–H and O–H groups in total. The fraction of sp³-hybridized carbons (Fsp3) is 0.429. The molecule has 5 nitrogen and oxygen atoms in total. The van der Waals surface area contributed by atoms with Crippen molar-refractivity contribution in [2.45, 2.75) is 19.8 Å². The lowest BCUT2D eigenvalue weighted by Crippen LogP contribution is -2.32. The predicted octanol–water partition coefficient (Wildman–Crippen LogP) is 1.14. The summed E-state index contributed by atoms with van der Waals surface area (Å²) in [5, 5.41) is 5.70. The average Bonchev–Trinajstić information content (AvgIpc) is 2.74. The number of hydrogen-bond acceptors (Lipinski definition) is 3. The Labute approximate surface area is 112 Å². The van der Waals surface area contributed by atoms with Crippen LogP contribution in [0.2, 0.25) is 0 Å². The third-order valence-electron chi connectivity index (χ3n) is 2.97. The van der Waals surface area contributed by atoms with Gasteiger partial charge in [0.15, 0.2) is 0 Å². The summed E-state index contributed by atoms with van der Waals surface area (Å²) in [6.45, 7) is 3.04. The number of rotatable bonds is 6. The smallest absolute Gasteiger partial charge is 0.233 e. The zero-order chi connectivity index (χ0) is 13.7. The minimum absolute atomic E-state index is 0.0437. The van der Waals surface area contributed by atoms with Gasteiger partial charge in [-0.1, -0.05) is 6.07 Å². The molecule has 0 aliphatic rings. The number of likely N-dealkylation sites (N-methyl/N-ethyl adjacent to an activating group) is 1. The minimum atomic E-state index is 0.0437. The molecule has 102 valence electrons. The lowest BCUT2D eigenvalue weighted by Gasteiger charge is -2.05. The Hall–Kier alpha value is -1.88. The van der Waals surface area contributed by atoms with Crippen LogP contribution in [0.15, 0.2) is 18.2 Å². The maximum atomic E-state index is 11.2. The molecule has 0 radical (unpaired) electrons. The van der Waals surface area contributed by atoms with Gasteiger partial charge in [0.25, 0.3) is 0 Å². The molecule has 0 atom stereocenters. The van der Waals surface area contributed by atoms with Crippen LogP contribution in [0.5, 0.6) is 0 Å². The van der Waals surface area contributed by atoms with E-state index in [1.54, 1.807) is 7.05 Å². The van der Waals surface area contributed by atoms with Crippen molar-refractivity contribution in [1.82, 2.24) is 20.6 Å². The highest BCUT2D eigenvalue weighted by atomic mass is 16.1. The minimum Gasteiger partial charge on any atom is -0.355 e. The van der Waals surface area contributed by atoms with Crippen molar-refractivity contribution in [2.24, 2.45) is 0 Å². The van der Waals surface area contributed by atoms with Crippen LogP contribution in [0.3, 0.4) is 0 Å². The number of aromatic amines is 1. The first-order valence-electron chi connectivity index (χ1n) is 6.55. The van der Waals surface area contributed by atoms with Gasteiger partial charge in [-0.3, -0.25) is 4.79 Å². The Balaban J connectivity index is 1.83. The number of carbonyl (C=O) groups excluding carboxylic acids is 1. The molecule has 0 aliphatic carbocycles. The van der Waals surface area contributed by atoms with Crippen LogP contribution in [0, 0.1) is 6.92 Å². The lowest BCUT2D eigenvalue weighted by molar-refractivity contribution is -0.120. The molecule has 2 rings (SSSR count). The third-order valence-corrected chi connectivity index (χ3v) is 2.97. The monoisotopic (exact) mass is 260 g/mol. The van der Waals surface area contributed by atoms with E-state index in [1.807, 2.05) is 13.0 Å². The molecule has 0 aliphatic heterocycles. The first kappa shape index (κ1) is 13.5. The van der Waals surface area contributed by atoms with Crippen LogP contribution in [-0.4, -0.2) is 36.0 Å². The van der Waals surface area contributed by atoms with Gasteiger partial charge in [0.1, 0.15) is 5.82 Å². The van der Waals surface area contributed by atoms with Crippen molar-refractivity contribution in [1.29, 1.82) is 0 Å². The summed E-state index contributed by atoms with van der Waals surface area (Å²) < 4.78 is 0. The fourth-order valence-electron chi connectivity index (χ4n) is 2.08. The Kier molecular flexibility index (Phi) is 4.52. The van der Waals surface area contributed by atoms with Gasteiger partial charge < -0.3 is 15.6 Å². The molecule has 0 bridgehead atoms. The number of aromatic nitrogens is 2. The molecule has 0 saturated carbocycles. The number of amides is 1. The molecule has 2 aromatic rings. The van der Waals surface area contributed by atoms with Crippen LogP contribution < -0.4 is 10.6 Å². The van der Waals surface area contributed by atoms with Crippen LogP contribution in [0.25, 0.3) is 11.0 Å². The van der Waals surface area contributed by atoms with Crippen molar-refractivity contribution in [3.63, 3.8) is 0 Å². The van der Waals surface area contributed by atoms with Gasteiger partial charge in [-0.05, 0) is 44.5 Å².